The summed E-state index contributed by atoms with van der Waals surface area (Å²) in [5.74, 6) is 3.03. The average molecular weight is 214 g/mol. The standard InChI is InChI=1S/C10H14O5/c1-2-8(3-11)9(4-12)10(5-13,6-14)7-15/h13-15H,2,5-7H2,1H3. The van der Waals surface area contributed by atoms with Crippen molar-refractivity contribution in [3.63, 3.8) is 0 Å². The first-order valence-electron chi connectivity index (χ1n) is 4.48. The molecule has 0 fully saturated rings. The lowest BCUT2D eigenvalue weighted by Gasteiger charge is -2.27. The zero-order valence-corrected chi connectivity index (χ0v) is 8.49. The van der Waals surface area contributed by atoms with Crippen LogP contribution in [0.5, 0.6) is 0 Å². The van der Waals surface area contributed by atoms with E-state index in [0.29, 0.717) is 0 Å². The van der Waals surface area contributed by atoms with Crippen molar-refractivity contribution in [2.75, 3.05) is 19.8 Å². The summed E-state index contributed by atoms with van der Waals surface area (Å²) in [6.07, 6.45) is 0.218. The first kappa shape index (κ1) is 13.8. The van der Waals surface area contributed by atoms with Crippen LogP contribution in [0.25, 0.3) is 0 Å². The fraction of sp³-hybridized carbons (Fsp3) is 0.600. The molecule has 15 heavy (non-hydrogen) atoms. The molecule has 3 N–H and O–H groups in total. The second kappa shape index (κ2) is 6.30. The number of allylic oxidation sites excluding steroid dienone is 1. The molecule has 0 rings (SSSR count). The van der Waals surface area contributed by atoms with Gasteiger partial charge in [0.25, 0.3) is 0 Å². The Bertz CT molecular complexity index is 296. The van der Waals surface area contributed by atoms with Crippen LogP contribution >= 0.6 is 0 Å². The summed E-state index contributed by atoms with van der Waals surface area (Å²) in [7, 11) is 0. The predicted octanol–water partition coefficient (Wildman–Crippen LogP) is -1.12. The molecule has 0 aliphatic carbocycles. The molecule has 0 aromatic rings. The van der Waals surface area contributed by atoms with Crippen LogP contribution in [0.15, 0.2) is 11.1 Å². The molecule has 5 heteroatoms. The molecule has 0 aliphatic rings. The van der Waals surface area contributed by atoms with Gasteiger partial charge in [-0.3, -0.25) is 0 Å². The summed E-state index contributed by atoms with van der Waals surface area (Å²) in [5, 5.41) is 27.2. The fourth-order valence-electron chi connectivity index (χ4n) is 1.18. The van der Waals surface area contributed by atoms with Crippen LogP contribution in [0.3, 0.4) is 0 Å². The second-order valence-electron chi connectivity index (χ2n) is 3.17. The molecule has 0 aromatic heterocycles. The Morgan fingerprint density at radius 1 is 1.07 bits per heavy atom. The average Bonchev–Trinajstić information content (AvgIpc) is 2.30. The van der Waals surface area contributed by atoms with E-state index in [2.05, 4.69) is 0 Å². The van der Waals surface area contributed by atoms with E-state index >= 15 is 0 Å². The number of rotatable bonds is 6. The maximum absolute atomic E-state index is 10.7. The molecule has 0 unspecified atom stereocenters. The molecular weight excluding hydrogens is 200 g/mol. The summed E-state index contributed by atoms with van der Waals surface area (Å²) in [5.41, 5.74) is -1.74. The minimum Gasteiger partial charge on any atom is -0.395 e. The van der Waals surface area contributed by atoms with Crippen LogP contribution in [0.2, 0.25) is 0 Å². The molecule has 0 radical (unpaired) electrons. The first-order chi connectivity index (χ1) is 7.15. The lowest BCUT2D eigenvalue weighted by atomic mass is 9.79. The highest BCUT2D eigenvalue weighted by molar-refractivity contribution is 5.73. The molecule has 0 aromatic carbocycles. The quantitative estimate of drug-likeness (QED) is 0.384. The summed E-state index contributed by atoms with van der Waals surface area (Å²) in [4.78, 5) is 21.2. The van der Waals surface area contributed by atoms with Crippen LogP contribution < -0.4 is 0 Å². The van der Waals surface area contributed by atoms with E-state index < -0.39 is 25.2 Å². The Balaban J connectivity index is 5.47. The van der Waals surface area contributed by atoms with E-state index in [-0.39, 0.29) is 17.6 Å². The van der Waals surface area contributed by atoms with E-state index in [0.717, 1.165) is 0 Å². The number of carbonyl (C=O) groups excluding carboxylic acids is 2. The van der Waals surface area contributed by atoms with Gasteiger partial charge in [-0.1, -0.05) is 6.92 Å². The number of hydrogen-bond acceptors (Lipinski definition) is 5. The molecule has 0 bridgehead atoms. The SMILES string of the molecule is CCC(=C=O)C(=C=O)C(CO)(CO)CO. The van der Waals surface area contributed by atoms with Gasteiger partial charge in [-0.05, 0) is 6.42 Å². The van der Waals surface area contributed by atoms with E-state index in [4.69, 9.17) is 15.3 Å². The Hall–Kier alpha value is -1.22. The zero-order valence-electron chi connectivity index (χ0n) is 8.49. The molecule has 0 aliphatic heterocycles. The van der Waals surface area contributed by atoms with Gasteiger partial charge in [0.05, 0.1) is 36.4 Å². The van der Waals surface area contributed by atoms with Crippen molar-refractivity contribution in [2.45, 2.75) is 13.3 Å². The van der Waals surface area contributed by atoms with Crippen molar-refractivity contribution in [3.05, 3.63) is 11.1 Å². The van der Waals surface area contributed by atoms with Gasteiger partial charge in [0.1, 0.15) is 11.9 Å². The number of aliphatic hydroxyl groups excluding tert-OH is 3. The molecule has 0 saturated carbocycles. The molecule has 5 nitrogen and oxygen atoms in total. The first-order valence-corrected chi connectivity index (χ1v) is 4.48. The summed E-state index contributed by atoms with van der Waals surface area (Å²) in [6.45, 7) is -0.310. The minimum atomic E-state index is -1.52. The van der Waals surface area contributed by atoms with Crippen LogP contribution in [0.4, 0.5) is 0 Å². The lowest BCUT2D eigenvalue weighted by Crippen LogP contribution is -2.37. The van der Waals surface area contributed by atoms with Gasteiger partial charge in [-0.2, -0.15) is 0 Å². The third-order valence-corrected chi connectivity index (χ3v) is 2.32. The molecule has 0 spiro atoms. The van der Waals surface area contributed by atoms with Crippen LogP contribution in [-0.4, -0.2) is 47.0 Å². The van der Waals surface area contributed by atoms with Gasteiger partial charge in [0.2, 0.25) is 0 Å². The maximum atomic E-state index is 10.7. The van der Waals surface area contributed by atoms with E-state index in [1.807, 2.05) is 0 Å². The molecular formula is C10H14O5. The highest BCUT2D eigenvalue weighted by Crippen LogP contribution is 2.29. The van der Waals surface area contributed by atoms with Crippen molar-refractivity contribution >= 4 is 11.9 Å². The van der Waals surface area contributed by atoms with Crippen molar-refractivity contribution in [1.29, 1.82) is 0 Å². The van der Waals surface area contributed by atoms with Gasteiger partial charge < -0.3 is 15.3 Å². The predicted molar refractivity (Wildman–Crippen MR) is 52.4 cm³/mol. The Labute approximate surface area is 87.4 Å². The Morgan fingerprint density at radius 3 is 1.73 bits per heavy atom. The normalized spacial score (nSPS) is 10.4. The highest BCUT2D eigenvalue weighted by atomic mass is 16.3. The summed E-state index contributed by atoms with van der Waals surface area (Å²) < 4.78 is 0. The minimum absolute atomic E-state index is 0.00199. The zero-order chi connectivity index (χ0) is 11.9. The molecule has 84 valence electrons. The molecule has 0 amide bonds. The molecule has 0 atom stereocenters. The number of aliphatic hydroxyl groups is 3. The summed E-state index contributed by atoms with van der Waals surface area (Å²) in [6, 6.07) is 0. The van der Waals surface area contributed by atoms with Gasteiger partial charge in [0.15, 0.2) is 0 Å². The topological polar surface area (TPSA) is 94.8 Å². The molecule has 0 saturated heterocycles. The van der Waals surface area contributed by atoms with E-state index in [9.17, 15) is 9.59 Å². The third-order valence-electron chi connectivity index (χ3n) is 2.32. The molecule has 0 heterocycles. The third kappa shape index (κ3) is 2.63. The van der Waals surface area contributed by atoms with Crippen LogP contribution in [0, 0.1) is 5.41 Å². The smallest absolute Gasteiger partial charge is 0.129 e. The van der Waals surface area contributed by atoms with Gasteiger partial charge in [-0.15, -0.1) is 0 Å². The van der Waals surface area contributed by atoms with E-state index in [1.54, 1.807) is 12.9 Å². The monoisotopic (exact) mass is 214 g/mol. The fourth-order valence-corrected chi connectivity index (χ4v) is 1.18. The highest BCUT2D eigenvalue weighted by Gasteiger charge is 2.36. The van der Waals surface area contributed by atoms with E-state index in [1.165, 1.54) is 5.94 Å². The van der Waals surface area contributed by atoms with Crippen molar-refractivity contribution in [3.8, 4) is 0 Å². The summed E-state index contributed by atoms with van der Waals surface area (Å²) >= 11 is 0. The van der Waals surface area contributed by atoms with Gasteiger partial charge in [0, 0.05) is 0 Å². The Morgan fingerprint density at radius 2 is 1.53 bits per heavy atom. The van der Waals surface area contributed by atoms with Gasteiger partial charge in [-0.25, -0.2) is 9.59 Å². The second-order valence-corrected chi connectivity index (χ2v) is 3.17. The Kier molecular flexibility index (Phi) is 5.79. The largest absolute Gasteiger partial charge is 0.395 e. The van der Waals surface area contributed by atoms with Crippen LogP contribution in [0.1, 0.15) is 13.3 Å². The number of hydrogen-bond donors (Lipinski definition) is 3. The van der Waals surface area contributed by atoms with Crippen molar-refractivity contribution in [2.24, 2.45) is 5.41 Å². The van der Waals surface area contributed by atoms with Crippen LogP contribution in [-0.2, 0) is 9.59 Å². The lowest BCUT2D eigenvalue weighted by molar-refractivity contribution is 0.0356. The maximum Gasteiger partial charge on any atom is 0.129 e. The van der Waals surface area contributed by atoms with Crippen molar-refractivity contribution in [1.82, 2.24) is 0 Å². The van der Waals surface area contributed by atoms with Gasteiger partial charge >= 0.3 is 0 Å². The van der Waals surface area contributed by atoms with Crippen molar-refractivity contribution < 1.29 is 24.9 Å².